The fourth-order valence-corrected chi connectivity index (χ4v) is 3.29. The summed E-state index contributed by atoms with van der Waals surface area (Å²) in [6, 6.07) is 17.4. The Morgan fingerprint density at radius 3 is 2.38 bits per heavy atom. The van der Waals surface area contributed by atoms with Crippen molar-refractivity contribution in [3.63, 3.8) is 0 Å². The summed E-state index contributed by atoms with van der Waals surface area (Å²) in [4.78, 5) is 17.8. The Bertz CT molecular complexity index is 1170. The fourth-order valence-electron chi connectivity index (χ4n) is 3.29. The third kappa shape index (κ3) is 3.40. The molecule has 0 bridgehead atoms. The van der Waals surface area contributed by atoms with Crippen LogP contribution in [0.1, 0.15) is 12.5 Å². The van der Waals surface area contributed by atoms with Gasteiger partial charge in [-0.25, -0.2) is 9.29 Å². The van der Waals surface area contributed by atoms with Crippen LogP contribution in [0.25, 0.3) is 22.4 Å². The zero-order valence-corrected chi connectivity index (χ0v) is 16.0. The number of hydrogen-bond acceptors (Lipinski definition) is 4. The minimum absolute atomic E-state index is 0.0998. The molecule has 29 heavy (non-hydrogen) atoms. The van der Waals surface area contributed by atoms with Crippen molar-refractivity contribution in [2.75, 3.05) is 4.90 Å². The molecule has 2 aromatic carbocycles. The number of para-hydroxylation sites is 1. The molecule has 4 rings (SSSR count). The maximum absolute atomic E-state index is 14.5. The van der Waals surface area contributed by atoms with Crippen molar-refractivity contribution in [2.45, 2.75) is 13.8 Å². The standard InChI is InChI=1S/C23H18FN3O2/c1-15-7-3-4-8-18(15)22-21(17-11-13-25-14-12-17)23(29-26-22)27(16(2)28)20-10-6-5-9-19(20)24/h3-14H,1-2H3. The van der Waals surface area contributed by atoms with Crippen LogP contribution in [0.2, 0.25) is 0 Å². The molecular weight excluding hydrogens is 369 g/mol. The molecule has 0 saturated carbocycles. The number of carbonyl (C=O) groups is 1. The quantitative estimate of drug-likeness (QED) is 0.462. The maximum Gasteiger partial charge on any atom is 0.247 e. The Balaban J connectivity index is 2.00. The summed E-state index contributed by atoms with van der Waals surface area (Å²) in [5.74, 6) is -0.762. The molecule has 0 aliphatic heterocycles. The first-order chi connectivity index (χ1) is 14.1. The van der Waals surface area contributed by atoms with Gasteiger partial charge in [0.25, 0.3) is 0 Å². The Morgan fingerprint density at radius 1 is 1.00 bits per heavy atom. The van der Waals surface area contributed by atoms with Gasteiger partial charge >= 0.3 is 0 Å². The first kappa shape index (κ1) is 18.6. The van der Waals surface area contributed by atoms with Gasteiger partial charge in [0.1, 0.15) is 11.5 Å². The van der Waals surface area contributed by atoms with Crippen LogP contribution in [0.15, 0.2) is 77.6 Å². The minimum atomic E-state index is -0.530. The Labute approximate surface area is 167 Å². The van der Waals surface area contributed by atoms with Crippen molar-refractivity contribution in [1.82, 2.24) is 10.1 Å². The molecule has 6 heteroatoms. The lowest BCUT2D eigenvalue weighted by Crippen LogP contribution is -2.23. The molecule has 0 aliphatic rings. The summed E-state index contributed by atoms with van der Waals surface area (Å²) in [6.07, 6.45) is 3.30. The molecule has 0 atom stereocenters. The zero-order valence-electron chi connectivity index (χ0n) is 16.0. The first-order valence-corrected chi connectivity index (χ1v) is 9.09. The molecule has 0 fully saturated rings. The molecule has 2 heterocycles. The van der Waals surface area contributed by atoms with E-state index in [1.165, 1.54) is 24.0 Å². The van der Waals surface area contributed by atoms with Crippen molar-refractivity contribution < 1.29 is 13.7 Å². The first-order valence-electron chi connectivity index (χ1n) is 9.09. The lowest BCUT2D eigenvalue weighted by atomic mass is 9.98. The van der Waals surface area contributed by atoms with Crippen molar-refractivity contribution in [2.24, 2.45) is 0 Å². The number of halogens is 1. The van der Waals surface area contributed by atoms with E-state index in [-0.39, 0.29) is 11.6 Å². The van der Waals surface area contributed by atoms with Gasteiger partial charge in [-0.3, -0.25) is 9.78 Å². The number of nitrogens with zero attached hydrogens (tertiary/aromatic N) is 3. The zero-order chi connectivity index (χ0) is 20.4. The van der Waals surface area contributed by atoms with E-state index in [1.807, 2.05) is 31.2 Å². The second-order valence-electron chi connectivity index (χ2n) is 6.57. The number of aromatic nitrogens is 2. The number of amides is 1. The van der Waals surface area contributed by atoms with E-state index in [1.54, 1.807) is 36.7 Å². The largest absolute Gasteiger partial charge is 0.336 e. The number of benzene rings is 2. The van der Waals surface area contributed by atoms with Gasteiger partial charge in [0.05, 0.1) is 11.3 Å². The van der Waals surface area contributed by atoms with E-state index in [2.05, 4.69) is 10.1 Å². The van der Waals surface area contributed by atoms with E-state index in [0.29, 0.717) is 11.3 Å². The van der Waals surface area contributed by atoms with Crippen molar-refractivity contribution in [1.29, 1.82) is 0 Å². The van der Waals surface area contributed by atoms with E-state index < -0.39 is 11.7 Å². The molecule has 1 amide bonds. The molecule has 0 unspecified atom stereocenters. The van der Waals surface area contributed by atoms with Crippen LogP contribution < -0.4 is 4.90 Å². The number of pyridine rings is 1. The van der Waals surface area contributed by atoms with E-state index in [4.69, 9.17) is 4.52 Å². The maximum atomic E-state index is 14.5. The molecule has 0 aliphatic carbocycles. The van der Waals surface area contributed by atoms with Crippen molar-refractivity contribution >= 4 is 17.5 Å². The third-order valence-electron chi connectivity index (χ3n) is 4.65. The van der Waals surface area contributed by atoms with Crippen LogP contribution in [0.5, 0.6) is 0 Å². The lowest BCUT2D eigenvalue weighted by molar-refractivity contribution is -0.116. The summed E-state index contributed by atoms with van der Waals surface area (Å²) in [7, 11) is 0. The topological polar surface area (TPSA) is 59.2 Å². The Hall–Kier alpha value is -3.80. The van der Waals surface area contributed by atoms with Gasteiger partial charge in [0.2, 0.25) is 11.8 Å². The van der Waals surface area contributed by atoms with Crippen LogP contribution in [-0.2, 0) is 4.79 Å². The highest BCUT2D eigenvalue weighted by Crippen LogP contribution is 2.43. The molecule has 0 radical (unpaired) electrons. The van der Waals surface area contributed by atoms with Crippen LogP contribution in [0, 0.1) is 12.7 Å². The van der Waals surface area contributed by atoms with Crippen LogP contribution in [-0.4, -0.2) is 16.0 Å². The van der Waals surface area contributed by atoms with Crippen molar-refractivity contribution in [3.8, 4) is 22.4 Å². The minimum Gasteiger partial charge on any atom is -0.336 e. The van der Waals surface area contributed by atoms with E-state index >= 15 is 0 Å². The predicted molar refractivity (Wildman–Crippen MR) is 109 cm³/mol. The number of anilines is 2. The highest BCUT2D eigenvalue weighted by Gasteiger charge is 2.29. The summed E-state index contributed by atoms with van der Waals surface area (Å²) in [5.41, 5.74) is 3.90. The van der Waals surface area contributed by atoms with Gasteiger partial charge in [0, 0.05) is 24.9 Å². The van der Waals surface area contributed by atoms with Gasteiger partial charge in [0.15, 0.2) is 0 Å². The van der Waals surface area contributed by atoms with Crippen LogP contribution >= 0.6 is 0 Å². The van der Waals surface area contributed by atoms with Gasteiger partial charge in [-0.05, 0) is 42.3 Å². The Morgan fingerprint density at radius 2 is 1.69 bits per heavy atom. The molecule has 2 aromatic heterocycles. The van der Waals surface area contributed by atoms with Crippen LogP contribution in [0.4, 0.5) is 16.0 Å². The highest BCUT2D eigenvalue weighted by atomic mass is 19.1. The molecule has 4 aromatic rings. The number of carbonyl (C=O) groups excluding carboxylic acids is 1. The molecule has 144 valence electrons. The smallest absolute Gasteiger partial charge is 0.247 e. The van der Waals surface area contributed by atoms with E-state index in [9.17, 15) is 9.18 Å². The highest BCUT2D eigenvalue weighted by molar-refractivity contribution is 6.03. The number of rotatable bonds is 4. The molecule has 0 saturated heterocycles. The third-order valence-corrected chi connectivity index (χ3v) is 4.65. The summed E-state index contributed by atoms with van der Waals surface area (Å²) >= 11 is 0. The van der Waals surface area contributed by atoms with Gasteiger partial charge in [-0.2, -0.15) is 0 Å². The molecular formula is C23H18FN3O2. The average Bonchev–Trinajstić information content (AvgIpc) is 3.15. The summed E-state index contributed by atoms with van der Waals surface area (Å²) < 4.78 is 20.2. The lowest BCUT2D eigenvalue weighted by Gasteiger charge is -2.20. The molecule has 0 spiro atoms. The van der Waals surface area contributed by atoms with E-state index in [0.717, 1.165) is 16.7 Å². The van der Waals surface area contributed by atoms with Gasteiger partial charge in [-0.1, -0.05) is 41.6 Å². The van der Waals surface area contributed by atoms with Crippen LogP contribution in [0.3, 0.4) is 0 Å². The summed E-state index contributed by atoms with van der Waals surface area (Å²) in [5, 5.41) is 4.27. The SMILES string of the molecule is CC(=O)N(c1ccccc1F)c1onc(-c2ccccc2C)c1-c1ccncc1. The number of aryl methyl sites for hydroxylation is 1. The van der Waals surface area contributed by atoms with Gasteiger partial charge < -0.3 is 4.52 Å². The van der Waals surface area contributed by atoms with Gasteiger partial charge in [-0.15, -0.1) is 0 Å². The second kappa shape index (κ2) is 7.67. The average molecular weight is 387 g/mol. The van der Waals surface area contributed by atoms with Crippen molar-refractivity contribution in [3.05, 3.63) is 84.4 Å². The normalized spacial score (nSPS) is 10.7. The number of hydrogen-bond donors (Lipinski definition) is 0. The second-order valence-corrected chi connectivity index (χ2v) is 6.57. The molecule has 0 N–H and O–H groups in total. The summed E-state index contributed by atoms with van der Waals surface area (Å²) in [6.45, 7) is 3.33. The molecule has 5 nitrogen and oxygen atoms in total. The fraction of sp³-hybridized carbons (Fsp3) is 0.0870. The monoisotopic (exact) mass is 387 g/mol. The predicted octanol–water partition coefficient (Wildman–Crippen LogP) is 5.54. The Kier molecular flexibility index (Phi) is 4.91.